The van der Waals surface area contributed by atoms with E-state index in [1.165, 1.54) is 29.7 Å². The van der Waals surface area contributed by atoms with Gasteiger partial charge in [0.25, 0.3) is 0 Å². The summed E-state index contributed by atoms with van der Waals surface area (Å²) in [5.74, 6) is -0.636. The highest BCUT2D eigenvalue weighted by Crippen LogP contribution is 2.18. The van der Waals surface area contributed by atoms with Crippen LogP contribution in [0.5, 0.6) is 0 Å². The first kappa shape index (κ1) is 12.5. The number of carbonyl (C=O) groups excluding carboxylic acids is 1. The molecule has 0 fully saturated rings. The molecule has 2 rings (SSSR count). The van der Waals surface area contributed by atoms with Crippen molar-refractivity contribution in [3.8, 4) is 0 Å². The van der Waals surface area contributed by atoms with Gasteiger partial charge in [-0.1, -0.05) is 11.3 Å². The van der Waals surface area contributed by atoms with Gasteiger partial charge in [-0.3, -0.25) is 9.59 Å². The van der Waals surface area contributed by atoms with Crippen molar-refractivity contribution in [3.05, 3.63) is 50.8 Å². The summed E-state index contributed by atoms with van der Waals surface area (Å²) < 4.78 is 14.7. The van der Waals surface area contributed by atoms with Crippen LogP contribution in [0.2, 0.25) is 0 Å². The van der Waals surface area contributed by atoms with E-state index in [4.69, 9.17) is 0 Å². The Balaban J connectivity index is 2.36. The third-order valence-corrected chi connectivity index (χ3v) is 3.06. The molecule has 0 saturated carbocycles. The highest BCUT2D eigenvalue weighted by atomic mass is 32.1. The van der Waals surface area contributed by atoms with Crippen molar-refractivity contribution in [3.63, 3.8) is 0 Å². The van der Waals surface area contributed by atoms with Crippen LogP contribution in [0.15, 0.2) is 34.6 Å². The Morgan fingerprint density at radius 1 is 1.50 bits per heavy atom. The largest absolute Gasteiger partial charge is 0.326 e. The fourth-order valence-electron chi connectivity index (χ4n) is 1.60. The molecular formula is C12H11FN2O2S. The second-order valence-corrected chi connectivity index (χ2v) is 4.64. The van der Waals surface area contributed by atoms with E-state index in [1.54, 1.807) is 11.6 Å². The lowest BCUT2D eigenvalue weighted by atomic mass is 10.1. The molecule has 0 unspecified atom stereocenters. The van der Waals surface area contributed by atoms with Gasteiger partial charge in [0, 0.05) is 24.2 Å². The van der Waals surface area contributed by atoms with Crippen molar-refractivity contribution < 1.29 is 9.18 Å². The molecule has 1 aromatic heterocycles. The molecule has 2 aromatic rings. The number of nitrogens with one attached hydrogen (secondary N) is 1. The Morgan fingerprint density at radius 3 is 2.89 bits per heavy atom. The Labute approximate surface area is 107 Å². The number of benzene rings is 1. The summed E-state index contributed by atoms with van der Waals surface area (Å²) in [6.07, 6.45) is 1.63. The summed E-state index contributed by atoms with van der Waals surface area (Å²) in [5, 5.41) is 4.28. The Hall–Kier alpha value is -1.95. The molecule has 1 heterocycles. The van der Waals surface area contributed by atoms with E-state index in [1.807, 2.05) is 0 Å². The Morgan fingerprint density at radius 2 is 2.28 bits per heavy atom. The van der Waals surface area contributed by atoms with Crippen LogP contribution in [0.25, 0.3) is 0 Å². The molecule has 4 nitrogen and oxygen atoms in total. The highest BCUT2D eigenvalue weighted by Gasteiger charge is 2.07. The summed E-state index contributed by atoms with van der Waals surface area (Å²) in [6.45, 7) is 1.61. The van der Waals surface area contributed by atoms with Crippen molar-refractivity contribution in [2.75, 3.05) is 5.32 Å². The standard InChI is InChI=1S/C12H11FN2O2S/c1-8(16)14-11-3-2-10(13)6-9(11)7-15-4-5-18-12(15)17/h2-6H,7H2,1H3,(H,14,16). The zero-order valence-electron chi connectivity index (χ0n) is 9.64. The maximum Gasteiger partial charge on any atom is 0.307 e. The van der Waals surface area contributed by atoms with Crippen LogP contribution in [-0.4, -0.2) is 10.5 Å². The summed E-state index contributed by atoms with van der Waals surface area (Å²) >= 11 is 1.07. The van der Waals surface area contributed by atoms with E-state index in [-0.39, 0.29) is 17.3 Å². The van der Waals surface area contributed by atoms with Crippen LogP contribution in [-0.2, 0) is 11.3 Å². The predicted molar refractivity (Wildman–Crippen MR) is 68.4 cm³/mol. The van der Waals surface area contributed by atoms with E-state index in [0.717, 1.165) is 11.3 Å². The van der Waals surface area contributed by atoms with Crippen molar-refractivity contribution in [2.45, 2.75) is 13.5 Å². The minimum atomic E-state index is -0.401. The van der Waals surface area contributed by atoms with Gasteiger partial charge in [0.1, 0.15) is 5.82 Å². The molecule has 0 saturated heterocycles. The van der Waals surface area contributed by atoms with Gasteiger partial charge in [-0.2, -0.15) is 0 Å². The summed E-state index contributed by atoms with van der Waals surface area (Å²) in [5.41, 5.74) is 1.08. The Kier molecular flexibility index (Phi) is 3.57. The van der Waals surface area contributed by atoms with Gasteiger partial charge in [0.05, 0.1) is 6.54 Å². The third-order valence-electron chi connectivity index (χ3n) is 2.36. The number of aromatic nitrogens is 1. The van der Waals surface area contributed by atoms with Crippen LogP contribution in [0, 0.1) is 5.82 Å². The highest BCUT2D eigenvalue weighted by molar-refractivity contribution is 7.07. The minimum Gasteiger partial charge on any atom is -0.326 e. The number of amides is 1. The SMILES string of the molecule is CC(=O)Nc1ccc(F)cc1Cn1ccsc1=O. The first-order valence-electron chi connectivity index (χ1n) is 5.26. The number of hydrogen-bond acceptors (Lipinski definition) is 3. The van der Waals surface area contributed by atoms with Crippen LogP contribution >= 0.6 is 11.3 Å². The summed E-state index contributed by atoms with van der Waals surface area (Å²) in [7, 11) is 0. The molecule has 0 spiro atoms. The number of halogens is 1. The quantitative estimate of drug-likeness (QED) is 0.924. The van der Waals surface area contributed by atoms with Crippen LogP contribution in [0.3, 0.4) is 0 Å². The molecule has 1 amide bonds. The minimum absolute atomic E-state index is 0.118. The molecule has 1 aromatic carbocycles. The fourth-order valence-corrected chi connectivity index (χ4v) is 2.18. The van der Waals surface area contributed by atoms with Crippen LogP contribution in [0.1, 0.15) is 12.5 Å². The third kappa shape index (κ3) is 2.84. The number of hydrogen-bond donors (Lipinski definition) is 1. The molecule has 0 aliphatic heterocycles. The topological polar surface area (TPSA) is 51.1 Å². The smallest absolute Gasteiger partial charge is 0.307 e. The number of thiazole rings is 1. The lowest BCUT2D eigenvalue weighted by Gasteiger charge is -2.10. The molecule has 0 bridgehead atoms. The van der Waals surface area contributed by atoms with Crippen molar-refractivity contribution >= 4 is 22.9 Å². The molecule has 0 atom stereocenters. The second kappa shape index (κ2) is 5.14. The van der Waals surface area contributed by atoms with Gasteiger partial charge in [-0.15, -0.1) is 0 Å². The zero-order chi connectivity index (χ0) is 13.1. The van der Waals surface area contributed by atoms with E-state index in [0.29, 0.717) is 11.3 Å². The number of anilines is 1. The van der Waals surface area contributed by atoms with Crippen molar-refractivity contribution in [1.29, 1.82) is 0 Å². The zero-order valence-corrected chi connectivity index (χ0v) is 10.5. The summed E-state index contributed by atoms with van der Waals surface area (Å²) in [4.78, 5) is 22.4. The van der Waals surface area contributed by atoms with E-state index in [2.05, 4.69) is 5.32 Å². The first-order chi connectivity index (χ1) is 8.56. The van der Waals surface area contributed by atoms with Gasteiger partial charge in [0.15, 0.2) is 0 Å². The number of rotatable bonds is 3. The molecular weight excluding hydrogens is 255 g/mol. The Bertz CT molecular complexity index is 633. The molecule has 0 radical (unpaired) electrons. The van der Waals surface area contributed by atoms with E-state index in [9.17, 15) is 14.0 Å². The number of carbonyl (C=O) groups is 1. The molecule has 18 heavy (non-hydrogen) atoms. The fraction of sp³-hybridized carbons (Fsp3) is 0.167. The van der Waals surface area contributed by atoms with Crippen molar-refractivity contribution in [1.82, 2.24) is 4.57 Å². The van der Waals surface area contributed by atoms with Gasteiger partial charge < -0.3 is 9.88 Å². The monoisotopic (exact) mass is 266 g/mol. The molecule has 1 N–H and O–H groups in total. The lowest BCUT2D eigenvalue weighted by Crippen LogP contribution is -2.15. The molecule has 6 heteroatoms. The number of nitrogens with zero attached hydrogens (tertiary/aromatic N) is 1. The van der Waals surface area contributed by atoms with E-state index < -0.39 is 5.82 Å². The second-order valence-electron chi connectivity index (χ2n) is 3.78. The average molecular weight is 266 g/mol. The first-order valence-corrected chi connectivity index (χ1v) is 6.14. The maximum atomic E-state index is 13.2. The van der Waals surface area contributed by atoms with Gasteiger partial charge in [-0.05, 0) is 23.8 Å². The van der Waals surface area contributed by atoms with Crippen LogP contribution in [0.4, 0.5) is 10.1 Å². The van der Waals surface area contributed by atoms with Gasteiger partial charge >= 0.3 is 4.87 Å². The van der Waals surface area contributed by atoms with Crippen LogP contribution < -0.4 is 10.2 Å². The molecule has 94 valence electrons. The van der Waals surface area contributed by atoms with Gasteiger partial charge in [0.2, 0.25) is 5.91 Å². The maximum absolute atomic E-state index is 13.2. The van der Waals surface area contributed by atoms with Gasteiger partial charge in [-0.25, -0.2) is 4.39 Å². The summed E-state index contributed by atoms with van der Waals surface area (Å²) in [6, 6.07) is 4.07. The van der Waals surface area contributed by atoms with E-state index >= 15 is 0 Å². The van der Waals surface area contributed by atoms with Crippen molar-refractivity contribution in [2.24, 2.45) is 0 Å². The average Bonchev–Trinajstić information content (AvgIpc) is 2.68. The normalized spacial score (nSPS) is 10.3. The molecule has 0 aliphatic carbocycles. The lowest BCUT2D eigenvalue weighted by molar-refractivity contribution is -0.114. The predicted octanol–water partition coefficient (Wildman–Crippen LogP) is 2.06. The molecule has 0 aliphatic rings.